The van der Waals surface area contributed by atoms with E-state index in [9.17, 15) is 19.8 Å². The van der Waals surface area contributed by atoms with Gasteiger partial charge in [-0.1, -0.05) is 55.4 Å². The average molecular weight is 493 g/mol. The molecular weight excluding hydrogens is 452 g/mol. The molecule has 1 aromatic rings. The Labute approximate surface area is 215 Å². The van der Waals surface area contributed by atoms with E-state index in [0.717, 1.165) is 17.6 Å². The van der Waals surface area contributed by atoms with Gasteiger partial charge >= 0.3 is 5.97 Å². The van der Waals surface area contributed by atoms with Crippen LogP contribution in [0.25, 0.3) is 0 Å². The molecule has 6 heteroatoms. The van der Waals surface area contributed by atoms with Crippen molar-refractivity contribution in [2.45, 2.75) is 59.9 Å². The number of benzene rings is 1. The monoisotopic (exact) mass is 492 g/mol. The van der Waals surface area contributed by atoms with E-state index in [-0.39, 0.29) is 17.1 Å². The van der Waals surface area contributed by atoms with Gasteiger partial charge in [-0.15, -0.1) is 0 Å². The van der Waals surface area contributed by atoms with Gasteiger partial charge in [0.05, 0.1) is 0 Å². The van der Waals surface area contributed by atoms with Gasteiger partial charge in [-0.2, -0.15) is 0 Å². The summed E-state index contributed by atoms with van der Waals surface area (Å²) in [5.41, 5.74) is 5.59. The van der Waals surface area contributed by atoms with E-state index < -0.39 is 12.0 Å². The molecule has 3 N–H and O–H groups in total. The Morgan fingerprint density at radius 2 is 1.83 bits per heavy atom. The van der Waals surface area contributed by atoms with Crippen LogP contribution in [0.15, 0.2) is 76.9 Å². The van der Waals surface area contributed by atoms with Crippen molar-refractivity contribution >= 4 is 17.6 Å². The third kappa shape index (κ3) is 8.09. The van der Waals surface area contributed by atoms with Crippen molar-refractivity contribution in [3.8, 4) is 5.75 Å². The largest absolute Gasteiger partial charge is 0.508 e. The summed E-state index contributed by atoms with van der Waals surface area (Å²) in [6.07, 6.45) is 15.2. The minimum absolute atomic E-state index is 0.0690. The Hall–Kier alpha value is -3.38. The van der Waals surface area contributed by atoms with Crippen molar-refractivity contribution in [3.05, 3.63) is 82.5 Å². The number of nitrogens with zero attached hydrogens (tertiary/aromatic N) is 1. The molecule has 1 amide bonds. The van der Waals surface area contributed by atoms with Gasteiger partial charge in [0, 0.05) is 17.3 Å². The summed E-state index contributed by atoms with van der Waals surface area (Å²) in [6.45, 7) is 10.7. The number of rotatable bonds is 9. The number of likely N-dealkylation sites (N-methyl/N-ethyl adjacent to an activating group) is 1. The molecule has 1 aromatic carbocycles. The fourth-order valence-electron chi connectivity index (χ4n) is 4.58. The maximum Gasteiger partial charge on any atom is 0.325 e. The minimum Gasteiger partial charge on any atom is -0.508 e. The quantitative estimate of drug-likeness (QED) is 0.207. The number of amides is 1. The number of aromatic hydroxyl groups is 1. The molecule has 194 valence electrons. The van der Waals surface area contributed by atoms with Crippen LogP contribution in [0.2, 0.25) is 0 Å². The van der Waals surface area contributed by atoms with E-state index in [0.29, 0.717) is 11.3 Å². The molecule has 6 nitrogen and oxygen atoms in total. The summed E-state index contributed by atoms with van der Waals surface area (Å²) < 4.78 is 0. The fourth-order valence-corrected chi connectivity index (χ4v) is 4.58. The highest BCUT2D eigenvalue weighted by Gasteiger charge is 2.27. The molecule has 0 aliphatic heterocycles. The Morgan fingerprint density at radius 1 is 1.14 bits per heavy atom. The molecule has 0 fully saturated rings. The Balaban J connectivity index is 2.11. The van der Waals surface area contributed by atoms with E-state index in [4.69, 9.17) is 0 Å². The lowest BCUT2D eigenvalue weighted by atomic mass is 9.72. The maximum absolute atomic E-state index is 12.6. The molecule has 0 spiro atoms. The summed E-state index contributed by atoms with van der Waals surface area (Å²) in [7, 11) is 3.25. The third-order valence-corrected chi connectivity index (χ3v) is 6.47. The van der Waals surface area contributed by atoms with Gasteiger partial charge < -0.3 is 15.5 Å². The van der Waals surface area contributed by atoms with Gasteiger partial charge in [0.2, 0.25) is 5.91 Å². The van der Waals surface area contributed by atoms with Gasteiger partial charge in [-0.05, 0) is 88.9 Å². The van der Waals surface area contributed by atoms with Crippen molar-refractivity contribution in [2.75, 3.05) is 19.4 Å². The highest BCUT2D eigenvalue weighted by atomic mass is 16.4. The molecule has 1 aliphatic rings. The number of phenolic OH excluding ortho intramolecular Hbond substituents is 1. The van der Waals surface area contributed by atoms with Crippen LogP contribution in [-0.4, -0.2) is 41.1 Å². The number of carboxylic acids is 1. The molecule has 1 atom stereocenters. The number of aliphatic carboxylic acids is 1. The zero-order chi connectivity index (χ0) is 27.0. The smallest absolute Gasteiger partial charge is 0.325 e. The van der Waals surface area contributed by atoms with Gasteiger partial charge in [0.25, 0.3) is 0 Å². The standard InChI is InChI=1S/C30H40N2O4/c1-20(13-15-25-22(3)12-9-17-30(25,4)5)10-8-11-21(2)18-27(34)31-26-16-14-23(33)19-24(26)28(29(35)36)32(6)7/h8,10-11,13-16,18-19,28,33H,9,12,17H2,1-7H3,(H,31,34)(H,35,36). The van der Waals surface area contributed by atoms with E-state index >= 15 is 0 Å². The average Bonchev–Trinajstić information content (AvgIpc) is 2.74. The second-order valence-corrected chi connectivity index (χ2v) is 10.4. The molecule has 2 rings (SSSR count). The topological polar surface area (TPSA) is 89.9 Å². The summed E-state index contributed by atoms with van der Waals surface area (Å²) in [6, 6.07) is 3.26. The van der Waals surface area contributed by atoms with Gasteiger partial charge in [-0.25, -0.2) is 0 Å². The maximum atomic E-state index is 12.6. The SMILES string of the molecule is CC(C=CC1=C(C)CCCC1(C)C)=CC=CC(C)=CC(=O)Nc1ccc(O)cc1C(C(=O)O)N(C)C. The van der Waals surface area contributed by atoms with Crippen LogP contribution < -0.4 is 5.32 Å². The lowest BCUT2D eigenvalue weighted by Crippen LogP contribution is -2.28. The van der Waals surface area contributed by atoms with E-state index in [2.05, 4.69) is 38.2 Å². The van der Waals surface area contributed by atoms with Gasteiger partial charge in [-0.3, -0.25) is 14.5 Å². The Bertz CT molecular complexity index is 1130. The first kappa shape index (κ1) is 28.9. The highest BCUT2D eigenvalue weighted by Crippen LogP contribution is 2.40. The molecule has 0 heterocycles. The van der Waals surface area contributed by atoms with Crippen molar-refractivity contribution in [3.63, 3.8) is 0 Å². The van der Waals surface area contributed by atoms with E-state index in [1.165, 1.54) is 53.2 Å². The van der Waals surface area contributed by atoms with Crippen molar-refractivity contribution in [1.29, 1.82) is 0 Å². The van der Waals surface area contributed by atoms with Crippen molar-refractivity contribution < 1.29 is 19.8 Å². The summed E-state index contributed by atoms with van der Waals surface area (Å²) in [5.74, 6) is -1.53. The zero-order valence-electron chi connectivity index (χ0n) is 22.6. The number of carbonyl (C=O) groups excluding carboxylic acids is 1. The van der Waals surface area contributed by atoms with Crippen LogP contribution in [0.1, 0.15) is 65.5 Å². The van der Waals surface area contributed by atoms with Crippen molar-refractivity contribution in [1.82, 2.24) is 4.90 Å². The normalized spacial score (nSPS) is 17.8. The minimum atomic E-state index is -1.08. The van der Waals surface area contributed by atoms with Gasteiger partial charge in [0.1, 0.15) is 11.8 Å². The third-order valence-electron chi connectivity index (χ3n) is 6.47. The first-order chi connectivity index (χ1) is 16.8. The number of phenols is 1. The molecule has 0 saturated carbocycles. The number of hydrogen-bond acceptors (Lipinski definition) is 4. The molecule has 0 saturated heterocycles. The first-order valence-corrected chi connectivity index (χ1v) is 12.3. The lowest BCUT2D eigenvalue weighted by Gasteiger charge is -2.32. The van der Waals surface area contributed by atoms with E-state index in [1.807, 2.05) is 32.1 Å². The molecule has 0 bridgehead atoms. The summed E-state index contributed by atoms with van der Waals surface area (Å²) in [4.78, 5) is 25.9. The van der Waals surface area contributed by atoms with Crippen LogP contribution in [0.3, 0.4) is 0 Å². The highest BCUT2D eigenvalue weighted by molar-refractivity contribution is 6.01. The molecule has 36 heavy (non-hydrogen) atoms. The molecule has 0 radical (unpaired) electrons. The number of carbonyl (C=O) groups is 2. The summed E-state index contributed by atoms with van der Waals surface area (Å²) >= 11 is 0. The first-order valence-electron chi connectivity index (χ1n) is 12.3. The predicted octanol–water partition coefficient (Wildman–Crippen LogP) is 6.55. The van der Waals surface area contributed by atoms with Crippen LogP contribution in [0, 0.1) is 5.41 Å². The second kappa shape index (κ2) is 12.5. The fraction of sp³-hybridized carbons (Fsp3) is 0.400. The second-order valence-electron chi connectivity index (χ2n) is 10.4. The van der Waals surface area contributed by atoms with Crippen LogP contribution >= 0.6 is 0 Å². The van der Waals surface area contributed by atoms with Crippen LogP contribution in [0.4, 0.5) is 5.69 Å². The van der Waals surface area contributed by atoms with Crippen LogP contribution in [0.5, 0.6) is 5.75 Å². The number of carboxylic acid groups (broad SMARTS) is 1. The Morgan fingerprint density at radius 3 is 2.44 bits per heavy atom. The van der Waals surface area contributed by atoms with Crippen molar-refractivity contribution in [2.24, 2.45) is 5.41 Å². The Kier molecular flexibility index (Phi) is 10.1. The lowest BCUT2D eigenvalue weighted by molar-refractivity contribution is -0.142. The molecule has 0 aromatic heterocycles. The number of hydrogen-bond donors (Lipinski definition) is 3. The molecular formula is C30H40N2O4. The predicted molar refractivity (Wildman–Crippen MR) is 147 cm³/mol. The van der Waals surface area contributed by atoms with E-state index in [1.54, 1.807) is 14.1 Å². The number of anilines is 1. The number of nitrogens with one attached hydrogen (secondary N) is 1. The summed E-state index contributed by atoms with van der Waals surface area (Å²) in [5, 5.41) is 22.2. The van der Waals surface area contributed by atoms with Gasteiger partial charge in [0.15, 0.2) is 0 Å². The molecule has 1 unspecified atom stereocenters. The van der Waals surface area contributed by atoms with Crippen LogP contribution in [-0.2, 0) is 9.59 Å². The zero-order valence-corrected chi connectivity index (χ0v) is 22.6. The molecule has 1 aliphatic carbocycles. The number of allylic oxidation sites excluding steroid dienone is 9.